The Labute approximate surface area is 134 Å². The molecular formula is C15H10N2O5S. The summed E-state index contributed by atoms with van der Waals surface area (Å²) >= 11 is 1.06. The van der Waals surface area contributed by atoms with Crippen molar-refractivity contribution >= 4 is 34.1 Å². The highest BCUT2D eigenvalue weighted by Gasteiger charge is 2.21. The summed E-state index contributed by atoms with van der Waals surface area (Å²) in [6.45, 7) is 1.96. The van der Waals surface area contributed by atoms with Crippen LogP contribution in [-0.4, -0.2) is 9.85 Å². The van der Waals surface area contributed by atoms with E-state index in [1.165, 1.54) is 12.1 Å². The van der Waals surface area contributed by atoms with E-state index in [1.807, 2.05) is 25.1 Å². The number of aryl methyl sites for hydroxylation is 1. The number of non-ortho nitro benzene ring substituents is 1. The fraction of sp³-hybridized carbons (Fsp3) is 0.0667. The number of nitro benzene ring substituents is 2. The minimum atomic E-state index is -0.661. The lowest BCUT2D eigenvalue weighted by molar-refractivity contribution is -0.396. The van der Waals surface area contributed by atoms with Crippen LogP contribution in [0, 0.1) is 27.2 Å². The third-order valence-corrected chi connectivity index (χ3v) is 4.18. The molecule has 0 N–H and O–H groups in total. The molecule has 0 aliphatic carbocycles. The van der Waals surface area contributed by atoms with Crippen LogP contribution in [0.2, 0.25) is 0 Å². The van der Waals surface area contributed by atoms with E-state index in [4.69, 9.17) is 4.42 Å². The molecular weight excluding hydrogens is 320 g/mol. The van der Waals surface area contributed by atoms with E-state index in [1.54, 1.807) is 6.07 Å². The fourth-order valence-electron chi connectivity index (χ4n) is 2.15. The van der Waals surface area contributed by atoms with Gasteiger partial charge in [0.15, 0.2) is 5.09 Å². The lowest BCUT2D eigenvalue weighted by Gasteiger charge is -2.00. The third-order valence-electron chi connectivity index (χ3n) is 3.21. The smallest absolute Gasteiger partial charge is 0.290 e. The number of benzene rings is 2. The van der Waals surface area contributed by atoms with Gasteiger partial charge in [-0.2, -0.15) is 0 Å². The summed E-state index contributed by atoms with van der Waals surface area (Å²) in [5.41, 5.74) is 1.13. The minimum Gasteiger partial charge on any atom is -0.450 e. The highest BCUT2D eigenvalue weighted by atomic mass is 32.2. The molecule has 0 unspecified atom stereocenters. The zero-order valence-electron chi connectivity index (χ0n) is 11.9. The zero-order valence-corrected chi connectivity index (χ0v) is 12.7. The Morgan fingerprint density at radius 1 is 1.00 bits per heavy atom. The topological polar surface area (TPSA) is 99.4 Å². The molecule has 0 spiro atoms. The maximum absolute atomic E-state index is 11.1. The molecule has 0 fully saturated rings. The van der Waals surface area contributed by atoms with Crippen molar-refractivity contribution in [3.63, 3.8) is 0 Å². The summed E-state index contributed by atoms with van der Waals surface area (Å²) in [6, 6.07) is 11.0. The van der Waals surface area contributed by atoms with Crippen LogP contribution in [0.25, 0.3) is 11.0 Å². The minimum absolute atomic E-state index is 0.288. The van der Waals surface area contributed by atoms with Crippen LogP contribution in [0.4, 0.5) is 11.4 Å². The first-order valence-electron chi connectivity index (χ1n) is 6.55. The van der Waals surface area contributed by atoms with Gasteiger partial charge in [0.25, 0.3) is 11.4 Å². The van der Waals surface area contributed by atoms with Gasteiger partial charge >= 0.3 is 0 Å². The van der Waals surface area contributed by atoms with Crippen LogP contribution in [0.5, 0.6) is 0 Å². The van der Waals surface area contributed by atoms with E-state index >= 15 is 0 Å². The predicted octanol–water partition coefficient (Wildman–Crippen LogP) is 4.71. The van der Waals surface area contributed by atoms with E-state index in [0.717, 1.165) is 28.8 Å². The molecule has 0 bridgehead atoms. The first-order chi connectivity index (χ1) is 10.9. The normalized spacial score (nSPS) is 10.8. The average molecular weight is 330 g/mol. The standard InChI is InChI=1S/C15H10N2O5S/c1-9-2-4-13-10(6-9)7-15(22-13)23-14-5-3-11(16(18)19)8-12(14)17(20)21/h2-8H,1H3. The maximum Gasteiger partial charge on any atom is 0.290 e. The SMILES string of the molecule is Cc1ccc2oc(Sc3ccc([N+](=O)[O-])cc3[N+](=O)[O-])cc2c1. The molecule has 2 aromatic carbocycles. The Bertz CT molecular complexity index is 935. The van der Waals surface area contributed by atoms with Gasteiger partial charge < -0.3 is 4.42 Å². The van der Waals surface area contributed by atoms with Gasteiger partial charge in [0.2, 0.25) is 0 Å². The van der Waals surface area contributed by atoms with Gasteiger partial charge in [0.1, 0.15) is 5.58 Å². The molecule has 0 saturated carbocycles. The van der Waals surface area contributed by atoms with Crippen LogP contribution in [0.3, 0.4) is 0 Å². The largest absolute Gasteiger partial charge is 0.450 e. The van der Waals surface area contributed by atoms with Crippen LogP contribution < -0.4 is 0 Å². The van der Waals surface area contributed by atoms with Gasteiger partial charge in [0.05, 0.1) is 20.8 Å². The van der Waals surface area contributed by atoms with Crippen molar-refractivity contribution in [1.29, 1.82) is 0 Å². The number of nitrogens with zero attached hydrogens (tertiary/aromatic N) is 2. The molecule has 1 heterocycles. The average Bonchev–Trinajstić information content (AvgIpc) is 2.88. The first kappa shape index (κ1) is 15.0. The van der Waals surface area contributed by atoms with E-state index < -0.39 is 9.85 Å². The summed E-state index contributed by atoms with van der Waals surface area (Å²) in [7, 11) is 0. The second kappa shape index (κ2) is 5.73. The highest BCUT2D eigenvalue weighted by Crippen LogP contribution is 2.39. The summed E-state index contributed by atoms with van der Waals surface area (Å²) in [5.74, 6) is 0. The van der Waals surface area contributed by atoms with Crippen LogP contribution >= 0.6 is 11.8 Å². The van der Waals surface area contributed by atoms with Gasteiger partial charge in [-0.25, -0.2) is 0 Å². The number of hydrogen-bond acceptors (Lipinski definition) is 6. The van der Waals surface area contributed by atoms with Crippen molar-refractivity contribution in [3.8, 4) is 0 Å². The molecule has 3 aromatic rings. The van der Waals surface area contributed by atoms with Crippen LogP contribution in [0.15, 0.2) is 56.9 Å². The molecule has 8 heteroatoms. The summed E-state index contributed by atoms with van der Waals surface area (Å²) in [6.07, 6.45) is 0. The van der Waals surface area contributed by atoms with Crippen molar-refractivity contribution in [2.75, 3.05) is 0 Å². The summed E-state index contributed by atoms with van der Waals surface area (Å²) in [4.78, 5) is 20.9. The molecule has 1 aromatic heterocycles. The number of hydrogen-bond donors (Lipinski definition) is 0. The maximum atomic E-state index is 11.1. The van der Waals surface area contributed by atoms with Crippen molar-refractivity contribution in [1.82, 2.24) is 0 Å². The van der Waals surface area contributed by atoms with Crippen molar-refractivity contribution < 1.29 is 14.3 Å². The predicted molar refractivity (Wildman–Crippen MR) is 84.8 cm³/mol. The van der Waals surface area contributed by atoms with Crippen molar-refractivity contribution in [3.05, 3.63) is 68.3 Å². The Kier molecular flexibility index (Phi) is 3.75. The molecule has 0 atom stereocenters. The number of furan rings is 1. The van der Waals surface area contributed by atoms with Gasteiger partial charge in [-0.3, -0.25) is 20.2 Å². The van der Waals surface area contributed by atoms with E-state index in [9.17, 15) is 20.2 Å². The third kappa shape index (κ3) is 3.02. The molecule has 0 aliphatic rings. The summed E-state index contributed by atoms with van der Waals surface area (Å²) < 4.78 is 5.65. The highest BCUT2D eigenvalue weighted by molar-refractivity contribution is 7.99. The van der Waals surface area contributed by atoms with Gasteiger partial charge in [-0.15, -0.1) is 0 Å². The monoisotopic (exact) mass is 330 g/mol. The quantitative estimate of drug-likeness (QED) is 0.507. The summed E-state index contributed by atoms with van der Waals surface area (Å²) in [5, 5.41) is 23.3. The van der Waals surface area contributed by atoms with Gasteiger partial charge in [-0.1, -0.05) is 11.6 Å². The Morgan fingerprint density at radius 3 is 2.48 bits per heavy atom. The van der Waals surface area contributed by atoms with E-state index in [2.05, 4.69) is 0 Å². The second-order valence-electron chi connectivity index (χ2n) is 4.88. The zero-order chi connectivity index (χ0) is 16.6. The molecule has 0 aliphatic heterocycles. The van der Waals surface area contributed by atoms with Crippen LogP contribution in [-0.2, 0) is 0 Å². The number of nitro groups is 2. The van der Waals surface area contributed by atoms with Crippen molar-refractivity contribution in [2.24, 2.45) is 0 Å². The lowest BCUT2D eigenvalue weighted by Crippen LogP contribution is -1.94. The Balaban J connectivity index is 2.00. The molecule has 0 radical (unpaired) electrons. The van der Waals surface area contributed by atoms with Crippen LogP contribution in [0.1, 0.15) is 5.56 Å². The molecule has 7 nitrogen and oxygen atoms in total. The molecule has 3 rings (SSSR count). The first-order valence-corrected chi connectivity index (χ1v) is 7.36. The lowest BCUT2D eigenvalue weighted by atomic mass is 10.2. The van der Waals surface area contributed by atoms with E-state index in [0.29, 0.717) is 10.7 Å². The fourth-order valence-corrected chi connectivity index (χ4v) is 3.05. The Hall–Kier alpha value is -2.87. The number of fused-ring (bicyclic) bond motifs is 1. The van der Waals surface area contributed by atoms with Gasteiger partial charge in [0, 0.05) is 11.5 Å². The number of rotatable bonds is 4. The second-order valence-corrected chi connectivity index (χ2v) is 5.92. The van der Waals surface area contributed by atoms with E-state index in [-0.39, 0.29) is 16.3 Å². The Morgan fingerprint density at radius 2 is 1.78 bits per heavy atom. The molecule has 23 heavy (non-hydrogen) atoms. The molecule has 0 saturated heterocycles. The molecule has 116 valence electrons. The van der Waals surface area contributed by atoms with Gasteiger partial charge in [-0.05, 0) is 43.0 Å². The van der Waals surface area contributed by atoms with Crippen molar-refractivity contribution in [2.45, 2.75) is 16.9 Å². The molecule has 0 amide bonds.